The van der Waals surface area contributed by atoms with Crippen LogP contribution in [0.1, 0.15) is 5.56 Å². The highest BCUT2D eigenvalue weighted by Gasteiger charge is 2.23. The monoisotopic (exact) mass is 284 g/mol. The molecule has 1 aliphatic heterocycles. The first kappa shape index (κ1) is 14.6. The van der Waals surface area contributed by atoms with Gasteiger partial charge in [-0.15, -0.1) is 0 Å². The van der Waals surface area contributed by atoms with Gasteiger partial charge in [0.05, 0.1) is 20.3 Å². The lowest BCUT2D eigenvalue weighted by Crippen LogP contribution is -2.49. The largest absolute Gasteiger partial charge is 0.496 e. The second-order valence-corrected chi connectivity index (χ2v) is 5.15. The Labute approximate surface area is 119 Å². The topological polar surface area (TPSA) is 33.7 Å². The van der Waals surface area contributed by atoms with E-state index in [-0.39, 0.29) is 0 Å². The molecule has 0 amide bonds. The number of hydrogen-bond donors (Lipinski definition) is 1. The van der Waals surface area contributed by atoms with E-state index in [1.807, 2.05) is 25.2 Å². The summed E-state index contributed by atoms with van der Waals surface area (Å²) in [6, 6.07) is 6.15. The Morgan fingerprint density at radius 1 is 1.53 bits per heavy atom. The quantitative estimate of drug-likeness (QED) is 0.894. The van der Waals surface area contributed by atoms with Gasteiger partial charge < -0.3 is 14.8 Å². The van der Waals surface area contributed by atoms with E-state index in [0.29, 0.717) is 6.04 Å². The van der Waals surface area contributed by atoms with Crippen LogP contribution < -0.4 is 10.1 Å². The predicted molar refractivity (Wildman–Crippen MR) is 76.9 cm³/mol. The van der Waals surface area contributed by atoms with E-state index in [1.165, 1.54) is 0 Å². The van der Waals surface area contributed by atoms with Crippen molar-refractivity contribution in [3.8, 4) is 5.75 Å². The van der Waals surface area contributed by atoms with Crippen LogP contribution >= 0.6 is 11.6 Å². The molecule has 0 radical (unpaired) electrons. The van der Waals surface area contributed by atoms with Crippen LogP contribution in [0, 0.1) is 0 Å². The molecule has 1 atom stereocenters. The zero-order valence-electron chi connectivity index (χ0n) is 11.5. The van der Waals surface area contributed by atoms with Crippen LogP contribution in [0.3, 0.4) is 0 Å². The number of halogens is 1. The molecule has 19 heavy (non-hydrogen) atoms. The molecule has 1 heterocycles. The maximum Gasteiger partial charge on any atom is 0.123 e. The standard InChI is InChI=1S/C14H21ClN2O2/c1-16-8-13-10-19-6-5-17(13)9-11-7-12(15)3-4-14(11)18-2/h3-4,7,13,16H,5-6,8-10H2,1-2H3. The Hall–Kier alpha value is -0.810. The number of hydrogen-bond acceptors (Lipinski definition) is 4. The summed E-state index contributed by atoms with van der Waals surface area (Å²) < 4.78 is 10.9. The fourth-order valence-corrected chi connectivity index (χ4v) is 2.61. The van der Waals surface area contributed by atoms with Gasteiger partial charge in [-0.05, 0) is 25.2 Å². The van der Waals surface area contributed by atoms with E-state index in [2.05, 4.69) is 10.2 Å². The molecule has 0 aliphatic carbocycles. The average Bonchev–Trinajstić information content (AvgIpc) is 2.42. The first-order valence-electron chi connectivity index (χ1n) is 6.53. The van der Waals surface area contributed by atoms with Crippen LogP contribution in [-0.2, 0) is 11.3 Å². The third-order valence-corrected chi connectivity index (χ3v) is 3.64. The molecule has 1 unspecified atom stereocenters. The normalized spacial score (nSPS) is 20.5. The molecule has 0 spiro atoms. The van der Waals surface area contributed by atoms with Gasteiger partial charge in [0, 0.05) is 36.3 Å². The lowest BCUT2D eigenvalue weighted by Gasteiger charge is -2.35. The Morgan fingerprint density at radius 2 is 2.37 bits per heavy atom. The Kier molecular flexibility index (Phi) is 5.45. The second kappa shape index (κ2) is 7.10. The number of nitrogens with one attached hydrogen (secondary N) is 1. The van der Waals surface area contributed by atoms with E-state index in [1.54, 1.807) is 7.11 Å². The van der Waals surface area contributed by atoms with Crippen LogP contribution in [0.25, 0.3) is 0 Å². The zero-order chi connectivity index (χ0) is 13.7. The number of ether oxygens (including phenoxy) is 2. The van der Waals surface area contributed by atoms with Crippen LogP contribution in [-0.4, -0.2) is 51.4 Å². The van der Waals surface area contributed by atoms with Crippen LogP contribution in [0.4, 0.5) is 0 Å². The fourth-order valence-electron chi connectivity index (χ4n) is 2.41. The van der Waals surface area contributed by atoms with Crippen molar-refractivity contribution in [1.29, 1.82) is 0 Å². The summed E-state index contributed by atoms with van der Waals surface area (Å²) in [4.78, 5) is 2.41. The lowest BCUT2D eigenvalue weighted by molar-refractivity contribution is -0.0105. The molecule has 1 N–H and O–H groups in total. The molecule has 1 fully saturated rings. The fraction of sp³-hybridized carbons (Fsp3) is 0.571. The molecule has 1 aromatic carbocycles. The average molecular weight is 285 g/mol. The van der Waals surface area contributed by atoms with Crippen molar-refractivity contribution in [2.24, 2.45) is 0 Å². The minimum atomic E-state index is 0.391. The summed E-state index contributed by atoms with van der Waals surface area (Å²) in [5.41, 5.74) is 1.12. The number of morpholine rings is 1. The number of methoxy groups -OCH3 is 1. The van der Waals surface area contributed by atoms with E-state index >= 15 is 0 Å². The van der Waals surface area contributed by atoms with E-state index in [4.69, 9.17) is 21.1 Å². The van der Waals surface area contributed by atoms with Gasteiger partial charge in [-0.3, -0.25) is 4.90 Å². The summed E-state index contributed by atoms with van der Waals surface area (Å²) in [7, 11) is 3.66. The summed E-state index contributed by atoms with van der Waals surface area (Å²) in [5.74, 6) is 0.888. The molecular formula is C14H21ClN2O2. The van der Waals surface area contributed by atoms with Crippen molar-refractivity contribution in [3.05, 3.63) is 28.8 Å². The smallest absolute Gasteiger partial charge is 0.123 e. The summed E-state index contributed by atoms with van der Waals surface area (Å²) in [6.07, 6.45) is 0. The molecule has 1 aromatic rings. The van der Waals surface area contributed by atoms with Gasteiger partial charge in [-0.25, -0.2) is 0 Å². The molecule has 1 aliphatic rings. The van der Waals surface area contributed by atoms with Gasteiger partial charge in [0.25, 0.3) is 0 Å². The van der Waals surface area contributed by atoms with Gasteiger partial charge in [-0.1, -0.05) is 11.6 Å². The maximum atomic E-state index is 6.08. The van der Waals surface area contributed by atoms with Crippen LogP contribution in [0.5, 0.6) is 5.75 Å². The molecule has 0 saturated carbocycles. The SMILES string of the molecule is CNCC1COCCN1Cc1cc(Cl)ccc1OC. The second-order valence-electron chi connectivity index (χ2n) is 4.71. The van der Waals surface area contributed by atoms with Gasteiger partial charge in [-0.2, -0.15) is 0 Å². The van der Waals surface area contributed by atoms with Crippen molar-refractivity contribution in [2.45, 2.75) is 12.6 Å². The van der Waals surface area contributed by atoms with Crippen LogP contribution in [0.2, 0.25) is 5.02 Å². The molecule has 0 aromatic heterocycles. The number of rotatable bonds is 5. The van der Waals surface area contributed by atoms with E-state index in [0.717, 1.165) is 49.2 Å². The molecule has 1 saturated heterocycles. The number of likely N-dealkylation sites (N-methyl/N-ethyl adjacent to an activating group) is 1. The molecule has 4 nitrogen and oxygen atoms in total. The minimum Gasteiger partial charge on any atom is -0.496 e. The third-order valence-electron chi connectivity index (χ3n) is 3.41. The molecular weight excluding hydrogens is 264 g/mol. The number of benzene rings is 1. The Bertz CT molecular complexity index is 412. The van der Waals surface area contributed by atoms with Crippen molar-refractivity contribution in [1.82, 2.24) is 10.2 Å². The predicted octanol–water partition coefficient (Wildman–Crippen LogP) is 1.77. The Balaban J connectivity index is 2.11. The highest BCUT2D eigenvalue weighted by atomic mass is 35.5. The van der Waals surface area contributed by atoms with E-state index < -0.39 is 0 Å². The molecule has 106 valence electrons. The minimum absolute atomic E-state index is 0.391. The van der Waals surface area contributed by atoms with Gasteiger partial charge in [0.2, 0.25) is 0 Å². The molecule has 2 rings (SSSR count). The van der Waals surface area contributed by atoms with Gasteiger partial charge in [0.15, 0.2) is 0 Å². The lowest BCUT2D eigenvalue weighted by atomic mass is 10.1. The zero-order valence-corrected chi connectivity index (χ0v) is 12.2. The third kappa shape index (κ3) is 3.83. The highest BCUT2D eigenvalue weighted by molar-refractivity contribution is 6.30. The summed E-state index contributed by atoms with van der Waals surface area (Å²) >= 11 is 6.08. The van der Waals surface area contributed by atoms with Crippen molar-refractivity contribution in [3.63, 3.8) is 0 Å². The van der Waals surface area contributed by atoms with Gasteiger partial charge in [0.1, 0.15) is 5.75 Å². The maximum absolute atomic E-state index is 6.08. The van der Waals surface area contributed by atoms with Crippen LogP contribution in [0.15, 0.2) is 18.2 Å². The molecule has 0 bridgehead atoms. The van der Waals surface area contributed by atoms with Gasteiger partial charge >= 0.3 is 0 Å². The number of nitrogens with zero attached hydrogens (tertiary/aromatic N) is 1. The highest BCUT2D eigenvalue weighted by Crippen LogP contribution is 2.25. The van der Waals surface area contributed by atoms with Crippen molar-refractivity contribution in [2.75, 3.05) is 40.5 Å². The first-order chi connectivity index (χ1) is 9.24. The summed E-state index contributed by atoms with van der Waals surface area (Å²) in [5, 5.41) is 3.96. The van der Waals surface area contributed by atoms with Crippen molar-refractivity contribution < 1.29 is 9.47 Å². The van der Waals surface area contributed by atoms with E-state index in [9.17, 15) is 0 Å². The molecule has 5 heteroatoms. The Morgan fingerprint density at radius 3 is 3.11 bits per heavy atom. The summed E-state index contributed by atoms with van der Waals surface area (Å²) in [6.45, 7) is 4.23. The first-order valence-corrected chi connectivity index (χ1v) is 6.91. The van der Waals surface area contributed by atoms with Crippen molar-refractivity contribution >= 4 is 11.6 Å².